The number of pyridine rings is 1. The lowest BCUT2D eigenvalue weighted by Crippen LogP contribution is -2.28. The molecule has 3 rings (SSSR count). The average Bonchev–Trinajstić information content (AvgIpc) is 2.55. The molecule has 0 unspecified atom stereocenters. The maximum Gasteiger partial charge on any atom is 0.212 e. The lowest BCUT2D eigenvalue weighted by molar-refractivity contribution is -0.644. The number of hydrogen-bond donors (Lipinski definition) is 0. The zero-order chi connectivity index (χ0) is 14.7. The van der Waals surface area contributed by atoms with E-state index in [1.807, 2.05) is 37.4 Å². The number of rotatable bonds is 3. The first-order valence-corrected chi connectivity index (χ1v) is 6.88. The number of aryl methyl sites for hydroxylation is 1. The molecular formula is C19H16NO+. The topological polar surface area (TPSA) is 20.9 Å². The highest BCUT2D eigenvalue weighted by Crippen LogP contribution is 2.17. The number of fused-ring (bicyclic) bond motifs is 1. The van der Waals surface area contributed by atoms with Gasteiger partial charge in [0.05, 0.1) is 5.39 Å². The van der Waals surface area contributed by atoms with Gasteiger partial charge in [0.25, 0.3) is 0 Å². The van der Waals surface area contributed by atoms with Crippen molar-refractivity contribution in [2.45, 2.75) is 0 Å². The average molecular weight is 274 g/mol. The van der Waals surface area contributed by atoms with Crippen LogP contribution in [0, 0.1) is 0 Å². The van der Waals surface area contributed by atoms with Crippen LogP contribution in [0.3, 0.4) is 0 Å². The Hall–Kier alpha value is -2.74. The Bertz CT molecular complexity index is 817. The van der Waals surface area contributed by atoms with Gasteiger partial charge in [-0.2, -0.15) is 0 Å². The van der Waals surface area contributed by atoms with E-state index in [4.69, 9.17) is 0 Å². The molecule has 1 aromatic heterocycles. The lowest BCUT2D eigenvalue weighted by Gasteiger charge is -2.01. The van der Waals surface area contributed by atoms with Gasteiger partial charge in [0.1, 0.15) is 13.3 Å². The number of carbonyl (C=O) groups is 1. The largest absolute Gasteiger partial charge is 0.298 e. The summed E-state index contributed by atoms with van der Waals surface area (Å²) in [6, 6.07) is 18.0. The first kappa shape index (κ1) is 13.3. The van der Waals surface area contributed by atoms with E-state index in [-0.39, 0.29) is 0 Å². The van der Waals surface area contributed by atoms with Gasteiger partial charge in [-0.05, 0) is 17.2 Å². The zero-order valence-corrected chi connectivity index (χ0v) is 11.9. The minimum Gasteiger partial charge on any atom is -0.298 e. The molecule has 2 heteroatoms. The Morgan fingerprint density at radius 3 is 2.33 bits per heavy atom. The number of carbonyl (C=O) groups excluding carboxylic acids is 1. The van der Waals surface area contributed by atoms with Crippen molar-refractivity contribution in [1.82, 2.24) is 0 Å². The molecule has 0 N–H and O–H groups in total. The van der Waals surface area contributed by atoms with Gasteiger partial charge in [-0.1, -0.05) is 48.6 Å². The summed E-state index contributed by atoms with van der Waals surface area (Å²) >= 11 is 0. The normalized spacial score (nSPS) is 11.1. The summed E-state index contributed by atoms with van der Waals surface area (Å²) < 4.78 is 2.12. The summed E-state index contributed by atoms with van der Waals surface area (Å²) in [7, 11) is 2.05. The van der Waals surface area contributed by atoms with Crippen LogP contribution in [0.25, 0.3) is 23.1 Å². The first-order chi connectivity index (χ1) is 10.3. The van der Waals surface area contributed by atoms with Crippen molar-refractivity contribution in [3.63, 3.8) is 0 Å². The Kier molecular flexibility index (Phi) is 3.61. The Morgan fingerprint density at radius 1 is 0.857 bits per heavy atom. The predicted molar refractivity (Wildman–Crippen MR) is 85.9 cm³/mol. The third-order valence-corrected chi connectivity index (χ3v) is 3.60. The second kappa shape index (κ2) is 5.71. The number of benzene rings is 2. The quantitative estimate of drug-likeness (QED) is 0.527. The summed E-state index contributed by atoms with van der Waals surface area (Å²) in [6.07, 6.45) is 7.10. The molecule has 2 nitrogen and oxygen atoms in total. The molecule has 0 aliphatic rings. The van der Waals surface area contributed by atoms with Crippen LogP contribution in [-0.4, -0.2) is 6.29 Å². The standard InChI is InChI=1S/C19H16NO/c1-20-13-12-17(18-4-2-3-5-19(18)20)11-10-15-6-8-16(14-21)9-7-15/h2-14H,1H3/q+1/b11-10+. The summed E-state index contributed by atoms with van der Waals surface area (Å²) in [5, 5.41) is 1.23. The zero-order valence-electron chi connectivity index (χ0n) is 11.9. The lowest BCUT2D eigenvalue weighted by atomic mass is 10.1. The van der Waals surface area contributed by atoms with Gasteiger partial charge in [-0.15, -0.1) is 0 Å². The molecule has 0 aliphatic heterocycles. The molecule has 3 aromatic rings. The maximum absolute atomic E-state index is 10.7. The van der Waals surface area contributed by atoms with Crippen LogP contribution < -0.4 is 4.57 Å². The molecule has 0 saturated heterocycles. The molecule has 0 fully saturated rings. The summed E-state index contributed by atoms with van der Waals surface area (Å²) in [5.74, 6) is 0. The van der Waals surface area contributed by atoms with E-state index in [2.05, 4.69) is 47.2 Å². The molecule has 1 heterocycles. The summed E-state index contributed by atoms with van der Waals surface area (Å²) in [6.45, 7) is 0. The number of hydrogen-bond acceptors (Lipinski definition) is 1. The molecule has 0 bridgehead atoms. The van der Waals surface area contributed by atoms with Gasteiger partial charge in [0, 0.05) is 17.7 Å². The van der Waals surface area contributed by atoms with Crippen molar-refractivity contribution in [2.24, 2.45) is 7.05 Å². The van der Waals surface area contributed by atoms with Crippen LogP contribution in [0.15, 0.2) is 60.8 Å². The fraction of sp³-hybridized carbons (Fsp3) is 0.0526. The van der Waals surface area contributed by atoms with E-state index >= 15 is 0 Å². The van der Waals surface area contributed by atoms with Crippen LogP contribution >= 0.6 is 0 Å². The predicted octanol–water partition coefficient (Wildman–Crippen LogP) is 3.65. The molecule has 21 heavy (non-hydrogen) atoms. The fourth-order valence-electron chi connectivity index (χ4n) is 2.40. The van der Waals surface area contributed by atoms with Gasteiger partial charge in [0.2, 0.25) is 5.52 Å². The second-order valence-corrected chi connectivity index (χ2v) is 5.02. The Balaban J connectivity index is 1.99. The monoisotopic (exact) mass is 274 g/mol. The van der Waals surface area contributed by atoms with E-state index in [0.717, 1.165) is 11.8 Å². The summed E-state index contributed by atoms with van der Waals surface area (Å²) in [4.78, 5) is 10.7. The van der Waals surface area contributed by atoms with Gasteiger partial charge in [-0.3, -0.25) is 4.79 Å². The molecule has 0 saturated carbocycles. The van der Waals surface area contributed by atoms with Gasteiger partial charge < -0.3 is 0 Å². The molecule has 0 radical (unpaired) electrons. The highest BCUT2D eigenvalue weighted by atomic mass is 16.1. The number of aldehydes is 1. The highest BCUT2D eigenvalue weighted by Gasteiger charge is 2.06. The smallest absolute Gasteiger partial charge is 0.212 e. The third kappa shape index (κ3) is 2.75. The molecule has 2 aromatic carbocycles. The van der Waals surface area contributed by atoms with E-state index in [0.29, 0.717) is 5.56 Å². The SMILES string of the molecule is C[n+]1ccc(/C=C/c2ccc(C=O)cc2)c2ccccc21. The summed E-state index contributed by atoms with van der Waals surface area (Å²) in [5.41, 5.74) is 4.17. The van der Waals surface area contributed by atoms with Gasteiger partial charge >= 0.3 is 0 Å². The van der Waals surface area contributed by atoms with Crippen molar-refractivity contribution in [2.75, 3.05) is 0 Å². The third-order valence-electron chi connectivity index (χ3n) is 3.60. The number of nitrogens with zero attached hydrogens (tertiary/aromatic N) is 1. The molecule has 0 amide bonds. The molecule has 0 atom stereocenters. The van der Waals surface area contributed by atoms with Crippen LogP contribution in [0.5, 0.6) is 0 Å². The maximum atomic E-state index is 10.7. The van der Waals surface area contributed by atoms with Crippen LogP contribution in [-0.2, 0) is 7.05 Å². The van der Waals surface area contributed by atoms with Crippen molar-refractivity contribution >= 4 is 29.3 Å². The van der Waals surface area contributed by atoms with Gasteiger partial charge in [-0.25, -0.2) is 4.57 Å². The fourth-order valence-corrected chi connectivity index (χ4v) is 2.40. The molecule has 0 aliphatic carbocycles. The van der Waals surface area contributed by atoms with Crippen LogP contribution in [0.2, 0.25) is 0 Å². The Morgan fingerprint density at radius 2 is 1.57 bits per heavy atom. The molecule has 0 spiro atoms. The van der Waals surface area contributed by atoms with Crippen molar-refractivity contribution in [1.29, 1.82) is 0 Å². The van der Waals surface area contributed by atoms with Crippen molar-refractivity contribution in [3.05, 3.63) is 77.5 Å². The van der Waals surface area contributed by atoms with E-state index in [1.54, 1.807) is 0 Å². The van der Waals surface area contributed by atoms with Crippen molar-refractivity contribution in [3.8, 4) is 0 Å². The van der Waals surface area contributed by atoms with Crippen LogP contribution in [0.1, 0.15) is 21.5 Å². The van der Waals surface area contributed by atoms with Crippen molar-refractivity contribution < 1.29 is 9.36 Å². The minimum atomic E-state index is 0.698. The number of para-hydroxylation sites is 1. The highest BCUT2D eigenvalue weighted by molar-refractivity contribution is 5.88. The molecular weight excluding hydrogens is 258 g/mol. The first-order valence-electron chi connectivity index (χ1n) is 6.88. The van der Waals surface area contributed by atoms with E-state index in [1.165, 1.54) is 16.5 Å². The molecule has 102 valence electrons. The van der Waals surface area contributed by atoms with E-state index < -0.39 is 0 Å². The Labute approximate surface area is 124 Å². The van der Waals surface area contributed by atoms with E-state index in [9.17, 15) is 4.79 Å². The minimum absolute atomic E-state index is 0.698. The second-order valence-electron chi connectivity index (χ2n) is 5.02. The number of aromatic nitrogens is 1. The van der Waals surface area contributed by atoms with Gasteiger partial charge in [0.15, 0.2) is 6.20 Å². The van der Waals surface area contributed by atoms with Crippen LogP contribution in [0.4, 0.5) is 0 Å².